The molecular formula is C19H16ClFN4O4S2. The second-order valence-electron chi connectivity index (χ2n) is 6.52. The third-order valence-corrected chi connectivity index (χ3v) is 7.01. The molecule has 2 aromatic carbocycles. The van der Waals surface area contributed by atoms with Gasteiger partial charge in [-0.3, -0.25) is 4.79 Å². The molecule has 0 spiro atoms. The highest BCUT2D eigenvalue weighted by Crippen LogP contribution is 2.16. The van der Waals surface area contributed by atoms with Crippen molar-refractivity contribution >= 4 is 39.1 Å². The van der Waals surface area contributed by atoms with Gasteiger partial charge in [-0.1, -0.05) is 11.6 Å². The van der Waals surface area contributed by atoms with Crippen LogP contribution in [0.2, 0.25) is 5.02 Å². The van der Waals surface area contributed by atoms with Crippen molar-refractivity contribution in [1.29, 1.82) is 0 Å². The zero-order valence-corrected chi connectivity index (χ0v) is 18.3. The molecule has 0 saturated carbocycles. The molecule has 0 unspecified atom stereocenters. The molecule has 0 radical (unpaired) electrons. The summed E-state index contributed by atoms with van der Waals surface area (Å²) in [5.41, 5.74) is 0.499. The summed E-state index contributed by atoms with van der Waals surface area (Å²) >= 11 is 6.83. The number of aromatic nitrogens is 2. The number of sulfonamides is 1. The third-order valence-electron chi connectivity index (χ3n) is 4.43. The minimum atomic E-state index is -4.19. The molecule has 31 heavy (non-hydrogen) atoms. The SMILES string of the molecule is O=C(c1nn(-c2ccc(Cl)cc2)sc1=NS(=O)(=O)c1ccc(F)cc1)N1CCOCC1. The number of nitrogens with zero attached hydrogens (tertiary/aromatic N) is 4. The molecule has 0 atom stereocenters. The van der Waals surface area contributed by atoms with E-state index < -0.39 is 21.7 Å². The van der Waals surface area contributed by atoms with Crippen LogP contribution in [-0.2, 0) is 14.8 Å². The number of carbonyl (C=O) groups is 1. The summed E-state index contributed by atoms with van der Waals surface area (Å²) in [6.07, 6.45) is 0. The van der Waals surface area contributed by atoms with Gasteiger partial charge < -0.3 is 9.64 Å². The first-order chi connectivity index (χ1) is 14.8. The summed E-state index contributed by atoms with van der Waals surface area (Å²) in [7, 11) is -4.19. The van der Waals surface area contributed by atoms with Crippen LogP contribution >= 0.6 is 23.1 Å². The number of rotatable bonds is 4. The van der Waals surface area contributed by atoms with Gasteiger partial charge in [0.15, 0.2) is 10.4 Å². The van der Waals surface area contributed by atoms with Gasteiger partial charge in [0.1, 0.15) is 5.82 Å². The molecule has 12 heteroatoms. The maximum absolute atomic E-state index is 13.2. The van der Waals surface area contributed by atoms with Gasteiger partial charge >= 0.3 is 0 Å². The fourth-order valence-electron chi connectivity index (χ4n) is 2.84. The van der Waals surface area contributed by atoms with E-state index in [1.165, 1.54) is 8.97 Å². The fourth-order valence-corrected chi connectivity index (χ4v) is 5.01. The smallest absolute Gasteiger partial charge is 0.283 e. The van der Waals surface area contributed by atoms with Gasteiger partial charge in [0, 0.05) is 18.1 Å². The third kappa shape index (κ3) is 4.85. The number of hydrogen-bond acceptors (Lipinski definition) is 6. The summed E-state index contributed by atoms with van der Waals surface area (Å²) in [5.74, 6) is -1.01. The van der Waals surface area contributed by atoms with Crippen LogP contribution in [0, 0.1) is 5.82 Å². The highest BCUT2D eigenvalue weighted by atomic mass is 35.5. The lowest BCUT2D eigenvalue weighted by molar-refractivity contribution is 0.0298. The van der Waals surface area contributed by atoms with Crippen LogP contribution in [0.1, 0.15) is 10.5 Å². The van der Waals surface area contributed by atoms with E-state index in [-0.39, 0.29) is 15.3 Å². The molecule has 0 N–H and O–H groups in total. The average molecular weight is 483 g/mol. The number of ether oxygens (including phenoxy) is 1. The molecule has 1 amide bonds. The lowest BCUT2D eigenvalue weighted by Crippen LogP contribution is -2.42. The van der Waals surface area contributed by atoms with Crippen LogP contribution < -0.4 is 4.67 Å². The van der Waals surface area contributed by atoms with Crippen molar-refractivity contribution in [2.45, 2.75) is 4.90 Å². The predicted octanol–water partition coefficient (Wildman–Crippen LogP) is 2.49. The van der Waals surface area contributed by atoms with Crippen molar-refractivity contribution in [2.75, 3.05) is 26.3 Å². The topological polar surface area (TPSA) is 93.9 Å². The molecule has 3 aromatic rings. The van der Waals surface area contributed by atoms with Gasteiger partial charge in [0.2, 0.25) is 0 Å². The van der Waals surface area contributed by atoms with Gasteiger partial charge in [-0.15, -0.1) is 9.50 Å². The van der Waals surface area contributed by atoms with E-state index in [0.717, 1.165) is 35.8 Å². The molecule has 8 nitrogen and oxygen atoms in total. The lowest BCUT2D eigenvalue weighted by atomic mass is 10.3. The zero-order chi connectivity index (χ0) is 22.0. The van der Waals surface area contributed by atoms with E-state index in [2.05, 4.69) is 9.50 Å². The second kappa shape index (κ2) is 8.87. The molecule has 0 bridgehead atoms. The number of hydrogen-bond donors (Lipinski definition) is 0. The Hall–Kier alpha value is -2.60. The van der Waals surface area contributed by atoms with Gasteiger partial charge in [-0.05, 0) is 60.1 Å². The van der Waals surface area contributed by atoms with Crippen molar-refractivity contribution in [2.24, 2.45) is 4.40 Å². The van der Waals surface area contributed by atoms with Crippen LogP contribution in [0.5, 0.6) is 0 Å². The maximum Gasteiger partial charge on any atom is 0.283 e. The summed E-state index contributed by atoms with van der Waals surface area (Å²) in [5, 5.41) is 4.84. The molecular weight excluding hydrogens is 467 g/mol. The van der Waals surface area contributed by atoms with Gasteiger partial charge in [-0.25, -0.2) is 4.39 Å². The van der Waals surface area contributed by atoms with E-state index in [1.54, 1.807) is 24.3 Å². The van der Waals surface area contributed by atoms with Gasteiger partial charge in [0.25, 0.3) is 15.9 Å². The molecule has 1 aliphatic rings. The van der Waals surface area contributed by atoms with Crippen LogP contribution in [0.4, 0.5) is 4.39 Å². The monoisotopic (exact) mass is 482 g/mol. The van der Waals surface area contributed by atoms with Crippen LogP contribution in [0.15, 0.2) is 57.8 Å². The molecule has 0 aliphatic carbocycles. The Labute approximate surface area is 186 Å². The van der Waals surface area contributed by atoms with Crippen molar-refractivity contribution in [3.63, 3.8) is 0 Å². The standard InChI is InChI=1S/C19H16ClFN4O4S2/c20-13-1-5-15(6-2-13)25-22-17(19(26)24-9-11-29-12-10-24)18(30-25)23-31(27,28)16-7-3-14(21)4-8-16/h1-8H,9-12H2. The maximum atomic E-state index is 13.2. The summed E-state index contributed by atoms with van der Waals surface area (Å²) in [6, 6.07) is 11.0. The number of morpholine rings is 1. The number of benzene rings is 2. The Morgan fingerprint density at radius 2 is 1.74 bits per heavy atom. The Morgan fingerprint density at radius 3 is 2.39 bits per heavy atom. The first kappa shape index (κ1) is 21.6. The molecule has 1 aliphatic heterocycles. The summed E-state index contributed by atoms with van der Waals surface area (Å²) < 4.78 is 49.2. The lowest BCUT2D eigenvalue weighted by Gasteiger charge is -2.25. The van der Waals surface area contributed by atoms with E-state index >= 15 is 0 Å². The first-order valence-electron chi connectivity index (χ1n) is 9.14. The highest BCUT2D eigenvalue weighted by molar-refractivity contribution is 7.90. The second-order valence-corrected chi connectivity index (χ2v) is 9.47. The summed E-state index contributed by atoms with van der Waals surface area (Å²) in [6.45, 7) is 1.49. The van der Waals surface area contributed by atoms with Crippen molar-refractivity contribution < 1.29 is 22.3 Å². The normalized spacial score (nSPS) is 15.3. The first-order valence-corrected chi connectivity index (χ1v) is 11.7. The van der Waals surface area contributed by atoms with Crippen LogP contribution in [-0.4, -0.2) is 54.7 Å². The Kier molecular flexibility index (Phi) is 6.19. The van der Waals surface area contributed by atoms with E-state index in [4.69, 9.17) is 16.3 Å². The van der Waals surface area contributed by atoms with E-state index in [9.17, 15) is 17.6 Å². The minimum absolute atomic E-state index is 0.0734. The van der Waals surface area contributed by atoms with Crippen LogP contribution in [0.3, 0.4) is 0 Å². The molecule has 1 fully saturated rings. The van der Waals surface area contributed by atoms with E-state index in [1.807, 2.05) is 0 Å². The minimum Gasteiger partial charge on any atom is -0.378 e. The van der Waals surface area contributed by atoms with E-state index in [0.29, 0.717) is 37.0 Å². The Balaban J connectivity index is 1.82. The predicted molar refractivity (Wildman–Crippen MR) is 112 cm³/mol. The van der Waals surface area contributed by atoms with Gasteiger partial charge in [0.05, 0.1) is 23.8 Å². The quantitative estimate of drug-likeness (QED) is 0.569. The number of amides is 1. The van der Waals surface area contributed by atoms with Crippen molar-refractivity contribution in [3.05, 3.63) is 69.7 Å². The highest BCUT2D eigenvalue weighted by Gasteiger charge is 2.25. The summed E-state index contributed by atoms with van der Waals surface area (Å²) in [4.78, 5) is 14.4. The molecule has 162 valence electrons. The molecule has 1 saturated heterocycles. The molecule has 2 heterocycles. The zero-order valence-electron chi connectivity index (χ0n) is 15.9. The Morgan fingerprint density at radius 1 is 1.10 bits per heavy atom. The van der Waals surface area contributed by atoms with Crippen LogP contribution in [0.25, 0.3) is 5.69 Å². The number of carbonyl (C=O) groups excluding carboxylic acids is 1. The largest absolute Gasteiger partial charge is 0.378 e. The fraction of sp³-hybridized carbons (Fsp3) is 0.211. The molecule has 4 rings (SSSR count). The average Bonchev–Trinajstić information content (AvgIpc) is 3.17. The van der Waals surface area contributed by atoms with Crippen molar-refractivity contribution in [1.82, 2.24) is 14.1 Å². The van der Waals surface area contributed by atoms with Gasteiger partial charge in [-0.2, -0.15) is 12.5 Å². The Bertz CT molecular complexity index is 1270. The van der Waals surface area contributed by atoms with Crippen molar-refractivity contribution in [3.8, 4) is 5.69 Å². The molecule has 1 aromatic heterocycles. The number of halogens is 2.